The zero-order valence-corrected chi connectivity index (χ0v) is 14.0. The molecule has 1 aromatic rings. The average molecular weight is 312 g/mol. The van der Waals surface area contributed by atoms with Gasteiger partial charge in [-0.2, -0.15) is 0 Å². The number of hydrogen-bond acceptors (Lipinski definition) is 2. The predicted octanol–water partition coefficient (Wildman–Crippen LogP) is 3.84. The summed E-state index contributed by atoms with van der Waals surface area (Å²) in [6.45, 7) is 2.99. The molecule has 0 bridgehead atoms. The van der Waals surface area contributed by atoms with Crippen LogP contribution in [0.15, 0.2) is 30.3 Å². The zero-order valence-electron chi connectivity index (χ0n) is 14.0. The Hall–Kier alpha value is -1.51. The number of carbonyl (C=O) groups is 1. The summed E-state index contributed by atoms with van der Waals surface area (Å²) < 4.78 is 0. The van der Waals surface area contributed by atoms with Crippen LogP contribution in [0.25, 0.3) is 0 Å². The first-order valence-electron chi connectivity index (χ1n) is 9.40. The third kappa shape index (κ3) is 2.75. The number of benzene rings is 1. The smallest absolute Gasteiger partial charge is 0.230 e. The maximum atomic E-state index is 13.3. The topological polar surface area (TPSA) is 23.6 Å². The highest BCUT2D eigenvalue weighted by Gasteiger charge is 2.50. The van der Waals surface area contributed by atoms with Crippen molar-refractivity contribution < 1.29 is 4.79 Å². The highest BCUT2D eigenvalue weighted by atomic mass is 16.2. The fourth-order valence-corrected chi connectivity index (χ4v) is 4.96. The Bertz CT molecular complexity index is 552. The van der Waals surface area contributed by atoms with Crippen LogP contribution in [-0.2, 0) is 4.79 Å². The fraction of sp³-hybridized carbons (Fsp3) is 0.650. The first-order chi connectivity index (χ1) is 11.3. The summed E-state index contributed by atoms with van der Waals surface area (Å²) in [6.07, 6.45) is 9.69. The third-order valence-electron chi connectivity index (χ3n) is 6.26. The first-order valence-corrected chi connectivity index (χ1v) is 9.40. The SMILES string of the molecule is O=C1N(C2CCCCC2)CC[C@@]12CCCN(c1ccccc1)C2. The van der Waals surface area contributed by atoms with Crippen LogP contribution in [0.3, 0.4) is 0 Å². The molecule has 1 spiro atoms. The molecule has 3 fully saturated rings. The Labute approximate surface area is 139 Å². The van der Waals surface area contributed by atoms with Crippen molar-refractivity contribution in [1.29, 1.82) is 0 Å². The van der Waals surface area contributed by atoms with Gasteiger partial charge in [-0.3, -0.25) is 4.79 Å². The molecule has 3 aliphatic rings. The van der Waals surface area contributed by atoms with Crippen molar-refractivity contribution in [2.45, 2.75) is 57.4 Å². The van der Waals surface area contributed by atoms with Crippen LogP contribution in [0.1, 0.15) is 51.4 Å². The van der Waals surface area contributed by atoms with E-state index in [1.807, 2.05) is 0 Å². The molecule has 1 aliphatic carbocycles. The molecule has 0 aromatic heterocycles. The van der Waals surface area contributed by atoms with Gasteiger partial charge in [0.05, 0.1) is 5.41 Å². The number of likely N-dealkylation sites (tertiary alicyclic amines) is 1. The van der Waals surface area contributed by atoms with Crippen molar-refractivity contribution in [2.24, 2.45) is 5.41 Å². The maximum Gasteiger partial charge on any atom is 0.230 e. The van der Waals surface area contributed by atoms with E-state index in [2.05, 4.69) is 40.1 Å². The van der Waals surface area contributed by atoms with E-state index in [4.69, 9.17) is 0 Å². The van der Waals surface area contributed by atoms with Gasteiger partial charge in [0.25, 0.3) is 0 Å². The van der Waals surface area contributed by atoms with E-state index in [9.17, 15) is 4.79 Å². The molecule has 0 unspecified atom stereocenters. The molecule has 1 amide bonds. The molecule has 4 rings (SSSR count). The standard InChI is InChI=1S/C20H28N2O/c23-19-20(13-15-22(19)18-10-5-2-6-11-18)12-7-14-21(16-20)17-8-3-1-4-9-17/h1,3-4,8-9,18H,2,5-7,10-16H2/t20-/m1/s1. The molecule has 3 nitrogen and oxygen atoms in total. The number of piperidine rings is 1. The molecule has 1 saturated carbocycles. The minimum Gasteiger partial charge on any atom is -0.370 e. The molecule has 2 heterocycles. The van der Waals surface area contributed by atoms with Gasteiger partial charge in [0.1, 0.15) is 0 Å². The maximum absolute atomic E-state index is 13.3. The Morgan fingerprint density at radius 2 is 1.70 bits per heavy atom. The molecule has 124 valence electrons. The second-order valence-corrected chi connectivity index (χ2v) is 7.68. The summed E-state index contributed by atoms with van der Waals surface area (Å²) >= 11 is 0. The molecular formula is C20H28N2O. The molecule has 2 saturated heterocycles. The summed E-state index contributed by atoms with van der Waals surface area (Å²) in [5.74, 6) is 0.463. The van der Waals surface area contributed by atoms with Gasteiger partial charge in [0, 0.05) is 31.4 Å². The number of para-hydroxylation sites is 1. The van der Waals surface area contributed by atoms with Crippen molar-refractivity contribution in [1.82, 2.24) is 4.90 Å². The summed E-state index contributed by atoms with van der Waals surface area (Å²) in [6, 6.07) is 11.1. The van der Waals surface area contributed by atoms with Crippen molar-refractivity contribution in [3.05, 3.63) is 30.3 Å². The minimum absolute atomic E-state index is 0.106. The normalized spacial score (nSPS) is 29.5. The number of amides is 1. The van der Waals surface area contributed by atoms with E-state index >= 15 is 0 Å². The lowest BCUT2D eigenvalue weighted by atomic mass is 9.78. The van der Waals surface area contributed by atoms with E-state index in [1.165, 1.54) is 37.8 Å². The van der Waals surface area contributed by atoms with E-state index in [0.717, 1.165) is 38.9 Å². The molecule has 3 heteroatoms. The molecule has 0 N–H and O–H groups in total. The van der Waals surface area contributed by atoms with E-state index in [0.29, 0.717) is 11.9 Å². The molecule has 0 radical (unpaired) electrons. The highest BCUT2D eigenvalue weighted by molar-refractivity contribution is 5.86. The number of hydrogen-bond donors (Lipinski definition) is 0. The van der Waals surface area contributed by atoms with Gasteiger partial charge in [-0.25, -0.2) is 0 Å². The van der Waals surface area contributed by atoms with Gasteiger partial charge in [-0.1, -0.05) is 37.5 Å². The fourth-order valence-electron chi connectivity index (χ4n) is 4.96. The first kappa shape index (κ1) is 15.0. The molecule has 1 aromatic carbocycles. The molecule has 23 heavy (non-hydrogen) atoms. The summed E-state index contributed by atoms with van der Waals surface area (Å²) in [5, 5.41) is 0. The number of anilines is 1. The van der Waals surface area contributed by atoms with E-state index < -0.39 is 0 Å². The number of nitrogens with zero attached hydrogens (tertiary/aromatic N) is 2. The average Bonchev–Trinajstić information content (AvgIpc) is 2.93. The lowest BCUT2D eigenvalue weighted by Crippen LogP contribution is -2.49. The van der Waals surface area contributed by atoms with Crippen LogP contribution in [-0.4, -0.2) is 36.5 Å². The zero-order chi connectivity index (χ0) is 15.7. The van der Waals surface area contributed by atoms with Crippen molar-refractivity contribution in [2.75, 3.05) is 24.5 Å². The second-order valence-electron chi connectivity index (χ2n) is 7.68. The lowest BCUT2D eigenvalue weighted by Gasteiger charge is -2.41. The van der Waals surface area contributed by atoms with Crippen LogP contribution in [0.5, 0.6) is 0 Å². The molecule has 2 aliphatic heterocycles. The largest absolute Gasteiger partial charge is 0.370 e. The van der Waals surface area contributed by atoms with E-state index in [-0.39, 0.29) is 5.41 Å². The predicted molar refractivity (Wildman–Crippen MR) is 93.5 cm³/mol. The van der Waals surface area contributed by atoms with Gasteiger partial charge in [0.15, 0.2) is 0 Å². The molecular weight excluding hydrogens is 284 g/mol. The third-order valence-corrected chi connectivity index (χ3v) is 6.26. The Balaban J connectivity index is 1.50. The number of rotatable bonds is 2. The monoisotopic (exact) mass is 312 g/mol. The van der Waals surface area contributed by atoms with Crippen LogP contribution < -0.4 is 4.90 Å². The Kier molecular flexibility index (Phi) is 4.04. The van der Waals surface area contributed by atoms with Crippen LogP contribution in [0, 0.1) is 5.41 Å². The number of carbonyl (C=O) groups excluding carboxylic acids is 1. The van der Waals surface area contributed by atoms with Crippen molar-refractivity contribution >= 4 is 11.6 Å². The van der Waals surface area contributed by atoms with Crippen LogP contribution >= 0.6 is 0 Å². The molecule has 1 atom stereocenters. The van der Waals surface area contributed by atoms with Crippen LogP contribution in [0.4, 0.5) is 5.69 Å². The van der Waals surface area contributed by atoms with Crippen molar-refractivity contribution in [3.63, 3.8) is 0 Å². The summed E-state index contributed by atoms with van der Waals surface area (Å²) in [5.41, 5.74) is 1.17. The quantitative estimate of drug-likeness (QED) is 0.828. The second kappa shape index (κ2) is 6.18. The van der Waals surface area contributed by atoms with Gasteiger partial charge in [-0.05, 0) is 44.2 Å². The van der Waals surface area contributed by atoms with Crippen LogP contribution in [0.2, 0.25) is 0 Å². The lowest BCUT2D eigenvalue weighted by molar-refractivity contribution is -0.138. The van der Waals surface area contributed by atoms with E-state index in [1.54, 1.807) is 0 Å². The van der Waals surface area contributed by atoms with Gasteiger partial charge in [0.2, 0.25) is 5.91 Å². The highest BCUT2D eigenvalue weighted by Crippen LogP contribution is 2.43. The van der Waals surface area contributed by atoms with Crippen molar-refractivity contribution in [3.8, 4) is 0 Å². The minimum atomic E-state index is -0.106. The Morgan fingerprint density at radius 3 is 2.48 bits per heavy atom. The summed E-state index contributed by atoms with van der Waals surface area (Å²) in [4.78, 5) is 18.0. The Morgan fingerprint density at radius 1 is 0.913 bits per heavy atom. The van der Waals surface area contributed by atoms with Gasteiger partial charge < -0.3 is 9.80 Å². The van der Waals surface area contributed by atoms with Gasteiger partial charge in [-0.15, -0.1) is 0 Å². The summed E-state index contributed by atoms with van der Waals surface area (Å²) in [7, 11) is 0. The van der Waals surface area contributed by atoms with Gasteiger partial charge >= 0.3 is 0 Å².